The summed E-state index contributed by atoms with van der Waals surface area (Å²) >= 11 is 0. The summed E-state index contributed by atoms with van der Waals surface area (Å²) in [5, 5.41) is 13.6. The van der Waals surface area contributed by atoms with Gasteiger partial charge in [-0.25, -0.2) is 4.39 Å². The van der Waals surface area contributed by atoms with Crippen LogP contribution >= 0.6 is 0 Å². The van der Waals surface area contributed by atoms with E-state index >= 15 is 0 Å². The van der Waals surface area contributed by atoms with Gasteiger partial charge in [0.2, 0.25) is 0 Å². The summed E-state index contributed by atoms with van der Waals surface area (Å²) < 4.78 is 25.3. The van der Waals surface area contributed by atoms with Crippen LogP contribution in [0.2, 0.25) is 0 Å². The molecule has 132 valence electrons. The molecule has 0 unspecified atom stereocenters. The number of non-ortho nitro benzene ring substituents is 1. The summed E-state index contributed by atoms with van der Waals surface area (Å²) in [6.07, 6.45) is 1.89. The van der Waals surface area contributed by atoms with Crippen molar-refractivity contribution < 1.29 is 18.8 Å². The van der Waals surface area contributed by atoms with Gasteiger partial charge in [-0.15, -0.1) is 0 Å². The van der Waals surface area contributed by atoms with Gasteiger partial charge in [0.1, 0.15) is 11.9 Å². The number of nitro benzene ring substituents is 1. The molecule has 1 aliphatic heterocycles. The second-order valence-corrected chi connectivity index (χ2v) is 5.96. The number of nitro groups is 1. The Morgan fingerprint density at radius 1 is 1.24 bits per heavy atom. The third-order valence-corrected chi connectivity index (χ3v) is 4.08. The lowest BCUT2D eigenvalue weighted by Gasteiger charge is -2.24. The van der Waals surface area contributed by atoms with Gasteiger partial charge >= 0.3 is 0 Å². The van der Waals surface area contributed by atoms with Gasteiger partial charge in [0.05, 0.1) is 29.9 Å². The zero-order valence-corrected chi connectivity index (χ0v) is 13.8. The average molecular weight is 346 g/mol. The van der Waals surface area contributed by atoms with Crippen LogP contribution in [-0.4, -0.2) is 24.2 Å². The molecule has 0 saturated carbocycles. The minimum absolute atomic E-state index is 0.151. The summed E-state index contributed by atoms with van der Waals surface area (Å²) in [5.41, 5.74) is 1.52. The number of benzene rings is 2. The van der Waals surface area contributed by atoms with E-state index in [-0.39, 0.29) is 17.5 Å². The third-order valence-electron chi connectivity index (χ3n) is 4.08. The molecule has 1 heterocycles. The lowest BCUT2D eigenvalue weighted by Crippen LogP contribution is -2.26. The van der Waals surface area contributed by atoms with Crippen LogP contribution in [0.5, 0.6) is 5.75 Å². The minimum atomic E-state index is -0.672. The standard InChI is InChI=1S/C18H19FN2O4/c1-12-10-13(2-5-18(12)25-15-6-8-24-9-7-15)20-17-4-3-14(21(22)23)11-16(17)19/h2-5,10-11,15,20H,6-9H2,1H3. The Kier molecular flexibility index (Phi) is 5.14. The van der Waals surface area contributed by atoms with E-state index < -0.39 is 10.7 Å². The molecule has 3 rings (SSSR count). The van der Waals surface area contributed by atoms with Gasteiger partial charge in [0, 0.05) is 24.6 Å². The maximum absolute atomic E-state index is 14.0. The Morgan fingerprint density at radius 2 is 2.00 bits per heavy atom. The molecule has 0 aromatic heterocycles. The molecule has 1 aliphatic rings. The van der Waals surface area contributed by atoms with Crippen molar-refractivity contribution in [2.45, 2.75) is 25.9 Å². The normalized spacial score (nSPS) is 15.0. The topological polar surface area (TPSA) is 73.6 Å². The summed E-state index contributed by atoms with van der Waals surface area (Å²) in [7, 11) is 0. The molecule has 1 N–H and O–H groups in total. The fraction of sp³-hybridized carbons (Fsp3) is 0.333. The zero-order chi connectivity index (χ0) is 17.8. The predicted molar refractivity (Wildman–Crippen MR) is 92.0 cm³/mol. The summed E-state index contributed by atoms with van der Waals surface area (Å²) in [6.45, 7) is 3.34. The van der Waals surface area contributed by atoms with E-state index in [0.717, 1.165) is 30.2 Å². The number of ether oxygens (including phenoxy) is 2. The molecule has 7 heteroatoms. The SMILES string of the molecule is Cc1cc(Nc2ccc([N+](=O)[O-])cc2F)ccc1OC1CCOCC1. The Bertz CT molecular complexity index is 776. The molecular formula is C18H19FN2O4. The highest BCUT2D eigenvalue weighted by atomic mass is 19.1. The maximum atomic E-state index is 14.0. The molecule has 1 fully saturated rings. The van der Waals surface area contributed by atoms with E-state index in [4.69, 9.17) is 9.47 Å². The highest BCUT2D eigenvalue weighted by molar-refractivity contribution is 5.63. The molecule has 0 bridgehead atoms. The Hall–Kier alpha value is -2.67. The van der Waals surface area contributed by atoms with E-state index in [1.54, 1.807) is 6.07 Å². The molecule has 25 heavy (non-hydrogen) atoms. The molecule has 0 spiro atoms. The molecule has 1 saturated heterocycles. The Labute approximate surface area is 144 Å². The van der Waals surface area contributed by atoms with E-state index in [1.807, 2.05) is 19.1 Å². The van der Waals surface area contributed by atoms with Crippen molar-refractivity contribution in [2.75, 3.05) is 18.5 Å². The smallest absolute Gasteiger partial charge is 0.272 e. The first-order valence-electron chi connectivity index (χ1n) is 8.09. The van der Waals surface area contributed by atoms with E-state index in [0.29, 0.717) is 18.9 Å². The van der Waals surface area contributed by atoms with E-state index in [9.17, 15) is 14.5 Å². The van der Waals surface area contributed by atoms with Crippen molar-refractivity contribution in [3.05, 3.63) is 57.9 Å². The first kappa shape index (κ1) is 17.2. The molecule has 2 aromatic rings. The number of aryl methyl sites for hydroxylation is 1. The van der Waals surface area contributed by atoms with Gasteiger partial charge < -0.3 is 14.8 Å². The number of nitrogens with one attached hydrogen (secondary N) is 1. The van der Waals surface area contributed by atoms with Gasteiger partial charge in [0.15, 0.2) is 5.82 Å². The molecular weight excluding hydrogens is 327 g/mol. The van der Waals surface area contributed by atoms with Crippen molar-refractivity contribution in [1.82, 2.24) is 0 Å². The Balaban J connectivity index is 1.71. The van der Waals surface area contributed by atoms with Crippen molar-refractivity contribution in [3.8, 4) is 5.75 Å². The highest BCUT2D eigenvalue weighted by Gasteiger charge is 2.16. The highest BCUT2D eigenvalue weighted by Crippen LogP contribution is 2.28. The molecule has 0 amide bonds. The number of anilines is 2. The molecule has 2 aromatic carbocycles. The average Bonchev–Trinajstić information content (AvgIpc) is 2.60. The van der Waals surface area contributed by atoms with Crippen molar-refractivity contribution >= 4 is 17.1 Å². The van der Waals surface area contributed by atoms with Crippen LogP contribution in [0.4, 0.5) is 21.5 Å². The molecule has 6 nitrogen and oxygen atoms in total. The molecule has 0 aliphatic carbocycles. The van der Waals surface area contributed by atoms with E-state index in [2.05, 4.69) is 5.32 Å². The van der Waals surface area contributed by atoms with E-state index in [1.165, 1.54) is 12.1 Å². The Morgan fingerprint density at radius 3 is 2.64 bits per heavy atom. The second-order valence-electron chi connectivity index (χ2n) is 5.96. The van der Waals surface area contributed by atoms with Crippen LogP contribution in [0, 0.1) is 22.9 Å². The van der Waals surface area contributed by atoms with Crippen LogP contribution < -0.4 is 10.1 Å². The molecule has 0 radical (unpaired) electrons. The lowest BCUT2D eigenvalue weighted by atomic mass is 10.1. The van der Waals surface area contributed by atoms with Gasteiger partial charge in [0.25, 0.3) is 5.69 Å². The van der Waals surface area contributed by atoms with Gasteiger partial charge in [-0.3, -0.25) is 10.1 Å². The number of hydrogen-bond donors (Lipinski definition) is 1. The largest absolute Gasteiger partial charge is 0.490 e. The number of nitrogens with zero attached hydrogens (tertiary/aromatic N) is 1. The van der Waals surface area contributed by atoms with Gasteiger partial charge in [-0.2, -0.15) is 0 Å². The monoisotopic (exact) mass is 346 g/mol. The zero-order valence-electron chi connectivity index (χ0n) is 13.8. The van der Waals surface area contributed by atoms with Crippen LogP contribution in [0.25, 0.3) is 0 Å². The fourth-order valence-electron chi connectivity index (χ4n) is 2.71. The predicted octanol–water partition coefficient (Wildman–Crippen LogP) is 4.34. The first-order chi connectivity index (χ1) is 12.0. The number of halogens is 1. The fourth-order valence-corrected chi connectivity index (χ4v) is 2.71. The van der Waals surface area contributed by atoms with Crippen LogP contribution in [-0.2, 0) is 4.74 Å². The molecule has 0 atom stereocenters. The van der Waals surface area contributed by atoms with Crippen LogP contribution in [0.15, 0.2) is 36.4 Å². The first-order valence-corrected chi connectivity index (χ1v) is 8.09. The van der Waals surface area contributed by atoms with Crippen LogP contribution in [0.3, 0.4) is 0 Å². The number of hydrogen-bond acceptors (Lipinski definition) is 5. The third kappa shape index (κ3) is 4.24. The summed E-state index contributed by atoms with van der Waals surface area (Å²) in [5.74, 6) is 0.121. The summed E-state index contributed by atoms with van der Waals surface area (Å²) in [4.78, 5) is 10.0. The second kappa shape index (κ2) is 7.48. The number of rotatable bonds is 5. The maximum Gasteiger partial charge on any atom is 0.272 e. The van der Waals surface area contributed by atoms with Crippen LogP contribution in [0.1, 0.15) is 18.4 Å². The lowest BCUT2D eigenvalue weighted by molar-refractivity contribution is -0.385. The van der Waals surface area contributed by atoms with Gasteiger partial charge in [-0.05, 0) is 36.8 Å². The van der Waals surface area contributed by atoms with Crippen molar-refractivity contribution in [2.24, 2.45) is 0 Å². The van der Waals surface area contributed by atoms with Gasteiger partial charge in [-0.1, -0.05) is 0 Å². The van der Waals surface area contributed by atoms with Crippen molar-refractivity contribution in [1.29, 1.82) is 0 Å². The quantitative estimate of drug-likeness (QED) is 0.644. The van der Waals surface area contributed by atoms with Crippen molar-refractivity contribution in [3.63, 3.8) is 0 Å². The minimum Gasteiger partial charge on any atom is -0.490 e. The summed E-state index contributed by atoms with van der Waals surface area (Å²) in [6, 6.07) is 9.02.